The monoisotopic (exact) mass is 280 g/mol. The van der Waals surface area contributed by atoms with Gasteiger partial charge in [-0.25, -0.2) is 4.39 Å². The summed E-state index contributed by atoms with van der Waals surface area (Å²) in [5.41, 5.74) is 11.2. The molecule has 108 valence electrons. The first-order valence-electron chi connectivity index (χ1n) is 6.35. The first-order valence-corrected chi connectivity index (χ1v) is 6.35. The maximum Gasteiger partial charge on any atom is 0.238 e. The fourth-order valence-electron chi connectivity index (χ4n) is 2.35. The molecule has 1 aliphatic rings. The van der Waals surface area contributed by atoms with E-state index in [0.717, 1.165) is 6.42 Å². The van der Waals surface area contributed by atoms with E-state index in [4.69, 9.17) is 11.5 Å². The maximum atomic E-state index is 13.5. The smallest absolute Gasteiger partial charge is 0.238 e. The number of primary amides is 1. The lowest BCUT2D eigenvalue weighted by Crippen LogP contribution is -2.43. The van der Waals surface area contributed by atoms with E-state index < -0.39 is 23.7 Å². The topological polar surface area (TPSA) is 101 Å². The number of nitrogens with zero attached hydrogens (tertiary/aromatic N) is 1. The Morgan fingerprint density at radius 3 is 2.90 bits per heavy atom. The number of carbonyl (C=O) groups is 2. The van der Waals surface area contributed by atoms with Gasteiger partial charge in [-0.15, -0.1) is 0 Å². The molecule has 0 bridgehead atoms. The summed E-state index contributed by atoms with van der Waals surface area (Å²) >= 11 is 0. The second-order valence-corrected chi connectivity index (χ2v) is 4.82. The van der Waals surface area contributed by atoms with Crippen LogP contribution in [-0.2, 0) is 9.59 Å². The molecule has 1 fully saturated rings. The molecule has 0 aromatic heterocycles. The van der Waals surface area contributed by atoms with E-state index in [0.29, 0.717) is 18.7 Å². The number of anilines is 2. The summed E-state index contributed by atoms with van der Waals surface area (Å²) in [7, 11) is 0. The summed E-state index contributed by atoms with van der Waals surface area (Å²) in [6.45, 7) is 0.627. The molecular weight excluding hydrogens is 263 g/mol. The molecule has 2 amide bonds. The normalized spacial score (nSPS) is 18.9. The van der Waals surface area contributed by atoms with Crippen molar-refractivity contribution in [3.8, 4) is 0 Å². The van der Waals surface area contributed by atoms with Gasteiger partial charge in [-0.05, 0) is 37.6 Å². The Morgan fingerprint density at radius 2 is 2.20 bits per heavy atom. The SMILES string of the molecule is NC(=O)C1CCCN1CC(=O)Nc1cc(N)ccc1F. The van der Waals surface area contributed by atoms with Crippen LogP contribution in [0.15, 0.2) is 18.2 Å². The van der Waals surface area contributed by atoms with Crippen molar-refractivity contribution in [2.75, 3.05) is 24.1 Å². The average molecular weight is 280 g/mol. The number of benzene rings is 1. The Kier molecular flexibility index (Phi) is 4.19. The minimum atomic E-state index is -0.555. The van der Waals surface area contributed by atoms with Crippen molar-refractivity contribution in [1.29, 1.82) is 0 Å². The van der Waals surface area contributed by atoms with E-state index in [9.17, 15) is 14.0 Å². The summed E-state index contributed by atoms with van der Waals surface area (Å²) < 4.78 is 13.5. The molecule has 7 heteroatoms. The van der Waals surface area contributed by atoms with Gasteiger partial charge in [-0.1, -0.05) is 0 Å². The number of amides is 2. The Balaban J connectivity index is 1.99. The molecule has 0 radical (unpaired) electrons. The van der Waals surface area contributed by atoms with Crippen LogP contribution in [0.2, 0.25) is 0 Å². The van der Waals surface area contributed by atoms with Gasteiger partial charge in [-0.2, -0.15) is 0 Å². The molecule has 5 N–H and O–H groups in total. The van der Waals surface area contributed by atoms with Crippen molar-refractivity contribution in [3.05, 3.63) is 24.0 Å². The van der Waals surface area contributed by atoms with Crippen molar-refractivity contribution in [2.45, 2.75) is 18.9 Å². The van der Waals surface area contributed by atoms with Gasteiger partial charge in [0.2, 0.25) is 11.8 Å². The number of likely N-dealkylation sites (tertiary alicyclic amines) is 1. The van der Waals surface area contributed by atoms with E-state index in [2.05, 4.69) is 5.32 Å². The summed E-state index contributed by atoms with van der Waals surface area (Å²) in [5.74, 6) is -1.39. The number of rotatable bonds is 4. The number of nitrogens with two attached hydrogens (primary N) is 2. The zero-order chi connectivity index (χ0) is 14.7. The van der Waals surface area contributed by atoms with Crippen LogP contribution >= 0.6 is 0 Å². The van der Waals surface area contributed by atoms with Gasteiger partial charge in [0.25, 0.3) is 0 Å². The van der Waals surface area contributed by atoms with E-state index in [1.165, 1.54) is 18.2 Å². The van der Waals surface area contributed by atoms with Crippen LogP contribution in [0.4, 0.5) is 15.8 Å². The molecule has 1 atom stereocenters. The molecular formula is C13H17FN4O2. The van der Waals surface area contributed by atoms with Crippen LogP contribution in [0.3, 0.4) is 0 Å². The maximum absolute atomic E-state index is 13.5. The largest absolute Gasteiger partial charge is 0.399 e. The predicted molar refractivity (Wildman–Crippen MR) is 73.2 cm³/mol. The molecule has 2 rings (SSSR count). The van der Waals surface area contributed by atoms with Crippen molar-refractivity contribution in [3.63, 3.8) is 0 Å². The molecule has 0 saturated carbocycles. The number of hydrogen-bond donors (Lipinski definition) is 3. The minimum absolute atomic E-state index is 0.00183. The Morgan fingerprint density at radius 1 is 1.45 bits per heavy atom. The number of hydrogen-bond acceptors (Lipinski definition) is 4. The molecule has 1 aromatic rings. The lowest BCUT2D eigenvalue weighted by atomic mass is 10.2. The lowest BCUT2D eigenvalue weighted by molar-refractivity contribution is -0.123. The van der Waals surface area contributed by atoms with Crippen LogP contribution < -0.4 is 16.8 Å². The highest BCUT2D eigenvalue weighted by Gasteiger charge is 2.30. The second-order valence-electron chi connectivity index (χ2n) is 4.82. The third-order valence-electron chi connectivity index (χ3n) is 3.30. The summed E-state index contributed by atoms with van der Waals surface area (Å²) in [6, 6.07) is 3.52. The number of halogens is 1. The van der Waals surface area contributed by atoms with Crippen LogP contribution in [0, 0.1) is 5.82 Å². The van der Waals surface area contributed by atoms with E-state index in [-0.39, 0.29) is 12.2 Å². The number of nitrogen functional groups attached to an aromatic ring is 1. The quantitative estimate of drug-likeness (QED) is 0.690. The molecule has 1 saturated heterocycles. The van der Waals surface area contributed by atoms with E-state index in [1.807, 2.05) is 0 Å². The Labute approximate surface area is 115 Å². The van der Waals surface area contributed by atoms with Gasteiger partial charge >= 0.3 is 0 Å². The molecule has 1 aromatic carbocycles. The molecule has 1 heterocycles. The molecule has 20 heavy (non-hydrogen) atoms. The van der Waals surface area contributed by atoms with Crippen molar-refractivity contribution >= 4 is 23.2 Å². The van der Waals surface area contributed by atoms with Crippen molar-refractivity contribution in [1.82, 2.24) is 4.90 Å². The van der Waals surface area contributed by atoms with Gasteiger partial charge < -0.3 is 16.8 Å². The summed E-state index contributed by atoms with van der Waals surface area (Å²) in [6.07, 6.45) is 1.46. The van der Waals surface area contributed by atoms with Crippen LogP contribution in [0.25, 0.3) is 0 Å². The van der Waals surface area contributed by atoms with Gasteiger partial charge in [0.05, 0.1) is 18.3 Å². The highest BCUT2D eigenvalue weighted by molar-refractivity contribution is 5.93. The first kappa shape index (κ1) is 14.3. The first-order chi connectivity index (χ1) is 9.47. The van der Waals surface area contributed by atoms with Crippen LogP contribution in [-0.4, -0.2) is 35.8 Å². The van der Waals surface area contributed by atoms with E-state index in [1.54, 1.807) is 4.90 Å². The molecule has 6 nitrogen and oxygen atoms in total. The molecule has 1 aliphatic heterocycles. The van der Waals surface area contributed by atoms with Gasteiger partial charge in [0, 0.05) is 5.69 Å². The standard InChI is InChI=1S/C13H17FN4O2/c14-9-4-3-8(15)6-10(9)17-12(19)7-18-5-1-2-11(18)13(16)20/h3-4,6,11H,1-2,5,7,15H2,(H2,16,20)(H,17,19). The third-order valence-corrected chi connectivity index (χ3v) is 3.30. The second kappa shape index (κ2) is 5.87. The summed E-state index contributed by atoms with van der Waals surface area (Å²) in [4.78, 5) is 24.8. The van der Waals surface area contributed by atoms with Crippen LogP contribution in [0.1, 0.15) is 12.8 Å². The van der Waals surface area contributed by atoms with E-state index >= 15 is 0 Å². The van der Waals surface area contributed by atoms with Gasteiger partial charge in [-0.3, -0.25) is 14.5 Å². The fourth-order valence-corrected chi connectivity index (χ4v) is 2.35. The zero-order valence-corrected chi connectivity index (χ0v) is 10.9. The Bertz CT molecular complexity index is 535. The number of nitrogens with one attached hydrogen (secondary N) is 1. The lowest BCUT2D eigenvalue weighted by Gasteiger charge is -2.21. The molecule has 0 spiro atoms. The predicted octanol–water partition coefficient (Wildman–Crippen LogP) is 0.296. The van der Waals surface area contributed by atoms with Crippen molar-refractivity contribution in [2.24, 2.45) is 5.73 Å². The zero-order valence-electron chi connectivity index (χ0n) is 10.9. The summed E-state index contributed by atoms with van der Waals surface area (Å²) in [5, 5.41) is 2.45. The third kappa shape index (κ3) is 3.24. The number of carbonyl (C=O) groups excluding carboxylic acids is 2. The minimum Gasteiger partial charge on any atom is -0.399 e. The average Bonchev–Trinajstić information content (AvgIpc) is 2.82. The molecule has 0 aliphatic carbocycles. The Hall–Kier alpha value is -2.15. The highest BCUT2D eigenvalue weighted by atomic mass is 19.1. The van der Waals surface area contributed by atoms with Crippen LogP contribution in [0.5, 0.6) is 0 Å². The highest BCUT2D eigenvalue weighted by Crippen LogP contribution is 2.19. The van der Waals surface area contributed by atoms with Gasteiger partial charge in [0.15, 0.2) is 0 Å². The van der Waals surface area contributed by atoms with Crippen molar-refractivity contribution < 1.29 is 14.0 Å². The van der Waals surface area contributed by atoms with Gasteiger partial charge in [0.1, 0.15) is 5.82 Å². The molecule has 1 unspecified atom stereocenters. The fraction of sp³-hybridized carbons (Fsp3) is 0.385.